The van der Waals surface area contributed by atoms with Crippen LogP contribution in [0.15, 0.2) is 24.3 Å². The van der Waals surface area contributed by atoms with E-state index in [9.17, 15) is 4.79 Å². The molecule has 0 unspecified atom stereocenters. The maximum absolute atomic E-state index is 12.8. The maximum atomic E-state index is 12.8. The Kier molecular flexibility index (Phi) is 3.85. The SMILES string of the molecule is CN1CCc2c(c3ccccc3n2CC(=O)N2CCCCC2)C1. The molecule has 4 rings (SSSR count). The molecule has 1 aromatic heterocycles. The van der Waals surface area contributed by atoms with Crippen molar-refractivity contribution in [3.8, 4) is 0 Å². The van der Waals surface area contributed by atoms with Crippen molar-refractivity contribution in [1.82, 2.24) is 14.4 Å². The van der Waals surface area contributed by atoms with E-state index in [1.54, 1.807) is 0 Å². The maximum Gasteiger partial charge on any atom is 0.242 e. The van der Waals surface area contributed by atoms with Gasteiger partial charge < -0.3 is 14.4 Å². The Labute approximate surface area is 137 Å². The highest BCUT2D eigenvalue weighted by atomic mass is 16.2. The van der Waals surface area contributed by atoms with Gasteiger partial charge in [-0.3, -0.25) is 4.79 Å². The Hall–Kier alpha value is -1.81. The van der Waals surface area contributed by atoms with E-state index < -0.39 is 0 Å². The molecule has 3 heterocycles. The minimum Gasteiger partial charge on any atom is -0.341 e. The lowest BCUT2D eigenvalue weighted by Crippen LogP contribution is -2.38. The predicted octanol–water partition coefficient (Wildman–Crippen LogP) is 2.64. The Morgan fingerprint density at radius 1 is 1.09 bits per heavy atom. The largest absolute Gasteiger partial charge is 0.341 e. The molecule has 4 nitrogen and oxygen atoms in total. The zero-order chi connectivity index (χ0) is 15.8. The van der Waals surface area contributed by atoms with Crippen LogP contribution in [0.25, 0.3) is 10.9 Å². The van der Waals surface area contributed by atoms with Crippen molar-refractivity contribution >= 4 is 16.8 Å². The zero-order valence-corrected chi connectivity index (χ0v) is 13.9. The van der Waals surface area contributed by atoms with E-state index in [-0.39, 0.29) is 5.91 Å². The van der Waals surface area contributed by atoms with Crippen molar-refractivity contribution in [1.29, 1.82) is 0 Å². The highest BCUT2D eigenvalue weighted by Gasteiger charge is 2.24. The van der Waals surface area contributed by atoms with Gasteiger partial charge in [-0.1, -0.05) is 18.2 Å². The Bertz CT molecular complexity index is 728. The zero-order valence-electron chi connectivity index (χ0n) is 13.9. The van der Waals surface area contributed by atoms with Crippen LogP contribution in [0.4, 0.5) is 0 Å². The molecule has 0 saturated carbocycles. The van der Waals surface area contributed by atoms with E-state index in [0.29, 0.717) is 6.54 Å². The molecule has 4 heteroatoms. The first-order valence-corrected chi connectivity index (χ1v) is 8.79. The number of para-hydroxylation sites is 1. The summed E-state index contributed by atoms with van der Waals surface area (Å²) in [6.07, 6.45) is 4.61. The molecule has 2 aromatic rings. The van der Waals surface area contributed by atoms with Gasteiger partial charge in [0.1, 0.15) is 6.54 Å². The van der Waals surface area contributed by atoms with Crippen LogP contribution in [0.3, 0.4) is 0 Å². The normalized spacial score (nSPS) is 19.1. The van der Waals surface area contributed by atoms with Crippen molar-refractivity contribution in [2.24, 2.45) is 0 Å². The Morgan fingerprint density at radius 3 is 2.70 bits per heavy atom. The molecular formula is C19H25N3O. The van der Waals surface area contributed by atoms with Gasteiger partial charge in [0.2, 0.25) is 5.91 Å². The second-order valence-electron chi connectivity index (χ2n) is 6.96. The first kappa shape index (κ1) is 14.8. The first-order valence-electron chi connectivity index (χ1n) is 8.79. The number of amides is 1. The van der Waals surface area contributed by atoms with Crippen molar-refractivity contribution in [3.63, 3.8) is 0 Å². The molecule has 2 aliphatic rings. The van der Waals surface area contributed by atoms with Gasteiger partial charge in [0, 0.05) is 49.2 Å². The van der Waals surface area contributed by atoms with Crippen LogP contribution in [-0.2, 0) is 24.3 Å². The van der Waals surface area contributed by atoms with Gasteiger partial charge in [-0.05, 0) is 37.9 Å². The molecule has 23 heavy (non-hydrogen) atoms. The standard InChI is InChI=1S/C19H25N3O/c1-20-12-9-18-16(13-20)15-7-3-4-8-17(15)22(18)14-19(23)21-10-5-2-6-11-21/h3-4,7-8H,2,5-6,9-14H2,1H3. The summed E-state index contributed by atoms with van der Waals surface area (Å²) in [6.45, 7) is 4.42. The molecular weight excluding hydrogens is 286 g/mol. The van der Waals surface area contributed by atoms with E-state index in [1.807, 2.05) is 0 Å². The van der Waals surface area contributed by atoms with Crippen LogP contribution in [-0.4, -0.2) is 47.0 Å². The fourth-order valence-electron chi connectivity index (χ4n) is 4.10. The summed E-state index contributed by atoms with van der Waals surface area (Å²) >= 11 is 0. The summed E-state index contributed by atoms with van der Waals surface area (Å²) < 4.78 is 2.29. The van der Waals surface area contributed by atoms with Crippen molar-refractivity contribution in [2.75, 3.05) is 26.7 Å². The fourth-order valence-corrected chi connectivity index (χ4v) is 4.10. The molecule has 122 valence electrons. The number of carbonyl (C=O) groups excluding carboxylic acids is 1. The van der Waals surface area contributed by atoms with Gasteiger partial charge in [0.15, 0.2) is 0 Å². The number of hydrogen-bond acceptors (Lipinski definition) is 2. The van der Waals surface area contributed by atoms with Crippen molar-refractivity contribution in [2.45, 2.75) is 38.8 Å². The van der Waals surface area contributed by atoms with E-state index in [4.69, 9.17) is 0 Å². The summed E-state index contributed by atoms with van der Waals surface area (Å²) in [5.41, 5.74) is 4.01. The Balaban J connectivity index is 1.70. The number of aromatic nitrogens is 1. The number of likely N-dealkylation sites (N-methyl/N-ethyl adjacent to an activating group) is 1. The molecule has 2 aliphatic heterocycles. The molecule has 1 saturated heterocycles. The van der Waals surface area contributed by atoms with Crippen LogP contribution in [0, 0.1) is 0 Å². The third kappa shape index (κ3) is 2.65. The van der Waals surface area contributed by atoms with Crippen LogP contribution in [0.2, 0.25) is 0 Å². The van der Waals surface area contributed by atoms with Gasteiger partial charge in [0.05, 0.1) is 0 Å². The number of fused-ring (bicyclic) bond motifs is 3. The number of nitrogens with zero attached hydrogens (tertiary/aromatic N) is 3. The lowest BCUT2D eigenvalue weighted by molar-refractivity contribution is -0.132. The molecule has 0 N–H and O–H groups in total. The smallest absolute Gasteiger partial charge is 0.242 e. The lowest BCUT2D eigenvalue weighted by Gasteiger charge is -2.28. The minimum atomic E-state index is 0.284. The third-order valence-corrected chi connectivity index (χ3v) is 5.35. The molecule has 0 spiro atoms. The molecule has 0 aliphatic carbocycles. The van der Waals surface area contributed by atoms with Gasteiger partial charge in [-0.2, -0.15) is 0 Å². The monoisotopic (exact) mass is 311 g/mol. The van der Waals surface area contributed by atoms with Gasteiger partial charge >= 0.3 is 0 Å². The van der Waals surface area contributed by atoms with E-state index in [1.165, 1.54) is 28.6 Å². The minimum absolute atomic E-state index is 0.284. The molecule has 1 fully saturated rings. The molecule has 0 atom stereocenters. The van der Waals surface area contributed by atoms with Crippen LogP contribution in [0.5, 0.6) is 0 Å². The van der Waals surface area contributed by atoms with E-state index >= 15 is 0 Å². The summed E-state index contributed by atoms with van der Waals surface area (Å²) in [5.74, 6) is 0.284. The number of piperidine rings is 1. The average Bonchev–Trinajstić information content (AvgIpc) is 2.89. The number of hydrogen-bond donors (Lipinski definition) is 0. The molecule has 0 bridgehead atoms. The lowest BCUT2D eigenvalue weighted by atomic mass is 10.1. The number of likely N-dealkylation sites (tertiary alicyclic amines) is 1. The summed E-state index contributed by atoms with van der Waals surface area (Å²) in [5, 5.41) is 1.32. The number of rotatable bonds is 2. The second kappa shape index (κ2) is 6.00. The second-order valence-corrected chi connectivity index (χ2v) is 6.96. The molecule has 1 amide bonds. The van der Waals surface area contributed by atoms with Crippen LogP contribution >= 0.6 is 0 Å². The van der Waals surface area contributed by atoms with Crippen LogP contribution in [0.1, 0.15) is 30.5 Å². The predicted molar refractivity (Wildman–Crippen MR) is 92.4 cm³/mol. The topological polar surface area (TPSA) is 28.5 Å². The third-order valence-electron chi connectivity index (χ3n) is 5.35. The first-order chi connectivity index (χ1) is 11.2. The number of carbonyl (C=O) groups is 1. The highest BCUT2D eigenvalue weighted by Crippen LogP contribution is 2.30. The average molecular weight is 311 g/mol. The van der Waals surface area contributed by atoms with E-state index in [0.717, 1.165) is 45.4 Å². The van der Waals surface area contributed by atoms with Crippen LogP contribution < -0.4 is 0 Å². The van der Waals surface area contributed by atoms with Crippen molar-refractivity contribution in [3.05, 3.63) is 35.5 Å². The molecule has 0 radical (unpaired) electrons. The highest BCUT2D eigenvalue weighted by molar-refractivity contribution is 5.88. The van der Waals surface area contributed by atoms with Gasteiger partial charge in [-0.25, -0.2) is 0 Å². The summed E-state index contributed by atoms with van der Waals surface area (Å²) in [6, 6.07) is 8.56. The van der Waals surface area contributed by atoms with Gasteiger partial charge in [-0.15, -0.1) is 0 Å². The Morgan fingerprint density at radius 2 is 1.87 bits per heavy atom. The summed E-state index contributed by atoms with van der Waals surface area (Å²) in [7, 11) is 2.17. The quantitative estimate of drug-likeness (QED) is 0.853. The molecule has 1 aromatic carbocycles. The van der Waals surface area contributed by atoms with Gasteiger partial charge in [0.25, 0.3) is 0 Å². The number of benzene rings is 1. The summed E-state index contributed by atoms with van der Waals surface area (Å²) in [4.78, 5) is 17.2. The van der Waals surface area contributed by atoms with Crippen molar-refractivity contribution < 1.29 is 4.79 Å². The fraction of sp³-hybridized carbons (Fsp3) is 0.526. The van der Waals surface area contributed by atoms with E-state index in [2.05, 4.69) is 45.7 Å².